The van der Waals surface area contributed by atoms with E-state index in [-0.39, 0.29) is 18.8 Å². The highest BCUT2D eigenvalue weighted by molar-refractivity contribution is 6.00. The van der Waals surface area contributed by atoms with E-state index in [4.69, 9.17) is 4.74 Å². The highest BCUT2D eigenvalue weighted by Crippen LogP contribution is 2.09. The SMILES string of the molecule is CCOC(=O)c1ccc(=O)oc1C(=O)OCC. The summed E-state index contributed by atoms with van der Waals surface area (Å²) in [5.41, 5.74) is -0.856. The van der Waals surface area contributed by atoms with Crippen LogP contribution in [0.3, 0.4) is 0 Å². The molecule has 6 nitrogen and oxygen atoms in total. The van der Waals surface area contributed by atoms with E-state index in [1.165, 1.54) is 6.07 Å². The molecule has 92 valence electrons. The minimum absolute atomic E-state index is 0.111. The Hall–Kier alpha value is -2.11. The predicted octanol–water partition coefficient (Wildman–Crippen LogP) is 0.993. The fourth-order valence-corrected chi connectivity index (χ4v) is 1.13. The quantitative estimate of drug-likeness (QED) is 0.730. The van der Waals surface area contributed by atoms with Crippen molar-refractivity contribution in [3.63, 3.8) is 0 Å². The molecule has 0 fully saturated rings. The first-order valence-corrected chi connectivity index (χ1v) is 5.08. The molecule has 0 saturated heterocycles. The lowest BCUT2D eigenvalue weighted by Gasteiger charge is -2.05. The Bertz CT molecular complexity index is 473. The van der Waals surface area contributed by atoms with Gasteiger partial charge in [0.1, 0.15) is 5.56 Å². The molecule has 0 amide bonds. The number of carbonyl (C=O) groups is 2. The van der Waals surface area contributed by atoms with Crippen LogP contribution in [0.2, 0.25) is 0 Å². The first-order chi connectivity index (χ1) is 8.10. The summed E-state index contributed by atoms with van der Waals surface area (Å²) in [6.07, 6.45) is 0. The Kier molecular flexibility index (Phi) is 4.45. The zero-order valence-electron chi connectivity index (χ0n) is 9.52. The highest BCUT2D eigenvalue weighted by atomic mass is 16.6. The largest absolute Gasteiger partial charge is 0.462 e. The lowest BCUT2D eigenvalue weighted by molar-refractivity contribution is 0.0442. The molecule has 1 aromatic heterocycles. The van der Waals surface area contributed by atoms with Gasteiger partial charge in [-0.3, -0.25) is 0 Å². The molecule has 1 aromatic rings. The molecular weight excluding hydrogens is 228 g/mol. The van der Waals surface area contributed by atoms with Crippen molar-refractivity contribution in [2.75, 3.05) is 13.2 Å². The van der Waals surface area contributed by atoms with Gasteiger partial charge in [-0.25, -0.2) is 14.4 Å². The van der Waals surface area contributed by atoms with Gasteiger partial charge in [0.2, 0.25) is 5.76 Å². The monoisotopic (exact) mass is 240 g/mol. The fourth-order valence-electron chi connectivity index (χ4n) is 1.13. The van der Waals surface area contributed by atoms with E-state index < -0.39 is 23.3 Å². The van der Waals surface area contributed by atoms with Crippen LogP contribution in [0.25, 0.3) is 0 Å². The van der Waals surface area contributed by atoms with Gasteiger partial charge < -0.3 is 13.9 Å². The Morgan fingerprint density at radius 1 is 1.12 bits per heavy atom. The number of rotatable bonds is 4. The van der Waals surface area contributed by atoms with E-state index in [0.29, 0.717) is 0 Å². The standard InChI is InChI=1S/C11H12O6/c1-3-15-10(13)7-5-6-8(12)17-9(7)11(14)16-4-2/h5-6H,3-4H2,1-2H3. The molecule has 0 unspecified atom stereocenters. The zero-order valence-corrected chi connectivity index (χ0v) is 9.52. The van der Waals surface area contributed by atoms with Crippen molar-refractivity contribution in [2.24, 2.45) is 0 Å². The second kappa shape index (κ2) is 5.83. The summed E-state index contributed by atoms with van der Waals surface area (Å²) >= 11 is 0. The topological polar surface area (TPSA) is 82.8 Å². The minimum atomic E-state index is -0.867. The maximum atomic E-state index is 11.5. The maximum absolute atomic E-state index is 11.5. The smallest absolute Gasteiger partial charge is 0.375 e. The molecule has 17 heavy (non-hydrogen) atoms. The van der Waals surface area contributed by atoms with Gasteiger partial charge in [-0.15, -0.1) is 0 Å². The molecule has 0 aliphatic heterocycles. The second-order valence-electron chi connectivity index (χ2n) is 2.94. The molecule has 0 bridgehead atoms. The number of hydrogen-bond acceptors (Lipinski definition) is 6. The first-order valence-electron chi connectivity index (χ1n) is 5.08. The van der Waals surface area contributed by atoms with Gasteiger partial charge in [0.05, 0.1) is 13.2 Å². The van der Waals surface area contributed by atoms with Crippen molar-refractivity contribution in [3.8, 4) is 0 Å². The summed E-state index contributed by atoms with van der Waals surface area (Å²) in [7, 11) is 0. The molecule has 1 heterocycles. The van der Waals surface area contributed by atoms with Gasteiger partial charge >= 0.3 is 17.6 Å². The van der Waals surface area contributed by atoms with Crippen molar-refractivity contribution in [1.29, 1.82) is 0 Å². The summed E-state index contributed by atoms with van der Waals surface area (Å²) in [5.74, 6) is -2.04. The van der Waals surface area contributed by atoms with E-state index in [9.17, 15) is 14.4 Å². The zero-order chi connectivity index (χ0) is 12.8. The average Bonchev–Trinajstić information content (AvgIpc) is 2.29. The molecule has 0 aliphatic carbocycles. The Morgan fingerprint density at radius 2 is 1.71 bits per heavy atom. The van der Waals surface area contributed by atoms with E-state index in [2.05, 4.69) is 9.15 Å². The molecule has 0 spiro atoms. The van der Waals surface area contributed by atoms with Crippen molar-refractivity contribution in [1.82, 2.24) is 0 Å². The average molecular weight is 240 g/mol. The van der Waals surface area contributed by atoms with Crippen LogP contribution < -0.4 is 5.63 Å². The summed E-state index contributed by atoms with van der Waals surface area (Å²) in [6, 6.07) is 2.21. The molecule has 6 heteroatoms. The van der Waals surface area contributed by atoms with Crippen LogP contribution in [-0.2, 0) is 9.47 Å². The van der Waals surface area contributed by atoms with Gasteiger partial charge in [-0.1, -0.05) is 0 Å². The van der Waals surface area contributed by atoms with Crippen LogP contribution in [0, 0.1) is 0 Å². The van der Waals surface area contributed by atoms with Crippen molar-refractivity contribution >= 4 is 11.9 Å². The van der Waals surface area contributed by atoms with Crippen LogP contribution in [0.5, 0.6) is 0 Å². The lowest BCUT2D eigenvalue weighted by atomic mass is 10.2. The maximum Gasteiger partial charge on any atom is 0.375 e. The van der Waals surface area contributed by atoms with E-state index in [1.807, 2.05) is 0 Å². The molecule has 0 N–H and O–H groups in total. The fraction of sp³-hybridized carbons (Fsp3) is 0.364. The van der Waals surface area contributed by atoms with Crippen LogP contribution in [0.4, 0.5) is 0 Å². The van der Waals surface area contributed by atoms with Crippen LogP contribution in [0.1, 0.15) is 34.8 Å². The van der Waals surface area contributed by atoms with Gasteiger partial charge in [0, 0.05) is 6.07 Å². The molecule has 0 radical (unpaired) electrons. The van der Waals surface area contributed by atoms with E-state index in [1.54, 1.807) is 13.8 Å². The summed E-state index contributed by atoms with van der Waals surface area (Å²) in [4.78, 5) is 34.0. The molecular formula is C11H12O6. The number of carbonyl (C=O) groups excluding carboxylic acids is 2. The Morgan fingerprint density at radius 3 is 2.29 bits per heavy atom. The number of ether oxygens (including phenoxy) is 2. The van der Waals surface area contributed by atoms with Crippen molar-refractivity contribution in [2.45, 2.75) is 13.8 Å². The third-order valence-corrected chi connectivity index (χ3v) is 1.79. The molecule has 0 saturated carbocycles. The number of hydrogen-bond donors (Lipinski definition) is 0. The van der Waals surface area contributed by atoms with E-state index in [0.717, 1.165) is 6.07 Å². The van der Waals surface area contributed by atoms with Crippen molar-refractivity contribution < 1.29 is 23.5 Å². The Balaban J connectivity index is 3.16. The molecule has 1 rings (SSSR count). The molecule has 0 atom stereocenters. The molecule has 0 aromatic carbocycles. The Labute approximate surface area is 97.1 Å². The summed E-state index contributed by atoms with van der Waals surface area (Å²) < 4.78 is 14.1. The number of esters is 2. The normalized spacial score (nSPS) is 9.76. The van der Waals surface area contributed by atoms with Gasteiger partial charge in [0.25, 0.3) is 0 Å². The minimum Gasteiger partial charge on any atom is -0.462 e. The lowest BCUT2D eigenvalue weighted by Crippen LogP contribution is -2.17. The molecule has 0 aliphatic rings. The third kappa shape index (κ3) is 3.17. The summed E-state index contributed by atoms with van der Waals surface area (Å²) in [5, 5.41) is 0. The van der Waals surface area contributed by atoms with Crippen LogP contribution in [0.15, 0.2) is 21.3 Å². The van der Waals surface area contributed by atoms with Gasteiger partial charge in [-0.05, 0) is 19.9 Å². The van der Waals surface area contributed by atoms with Gasteiger partial charge in [-0.2, -0.15) is 0 Å². The summed E-state index contributed by atoms with van der Waals surface area (Å²) in [6.45, 7) is 3.49. The van der Waals surface area contributed by atoms with E-state index >= 15 is 0 Å². The first kappa shape index (κ1) is 13.0. The predicted molar refractivity (Wildman–Crippen MR) is 56.9 cm³/mol. The third-order valence-electron chi connectivity index (χ3n) is 1.79. The van der Waals surface area contributed by atoms with Crippen LogP contribution in [-0.4, -0.2) is 25.2 Å². The highest BCUT2D eigenvalue weighted by Gasteiger charge is 2.22. The van der Waals surface area contributed by atoms with Crippen molar-refractivity contribution in [3.05, 3.63) is 33.9 Å². The van der Waals surface area contributed by atoms with Crippen LogP contribution >= 0.6 is 0 Å². The van der Waals surface area contributed by atoms with Gasteiger partial charge in [0.15, 0.2) is 0 Å². The second-order valence-corrected chi connectivity index (χ2v) is 2.94.